The molecule has 2 N–H and O–H groups in total. The van der Waals surface area contributed by atoms with Gasteiger partial charge in [0.25, 0.3) is 0 Å². The first kappa shape index (κ1) is 14.0. The van der Waals surface area contributed by atoms with Crippen LogP contribution in [0, 0.1) is 5.82 Å². The van der Waals surface area contributed by atoms with Crippen molar-refractivity contribution in [2.75, 3.05) is 0 Å². The van der Waals surface area contributed by atoms with Crippen LogP contribution in [-0.4, -0.2) is 0 Å². The first-order valence-electron chi connectivity index (χ1n) is 5.98. The van der Waals surface area contributed by atoms with Gasteiger partial charge in [0.1, 0.15) is 18.2 Å². The molecule has 0 bridgehead atoms. The molecule has 19 heavy (non-hydrogen) atoms. The van der Waals surface area contributed by atoms with Crippen molar-refractivity contribution in [3.8, 4) is 5.75 Å². The summed E-state index contributed by atoms with van der Waals surface area (Å²) >= 11 is 3.37. The molecular weight excluding hydrogens is 309 g/mol. The fourth-order valence-corrected chi connectivity index (χ4v) is 1.98. The zero-order chi connectivity index (χ0) is 13.8. The molecule has 2 aromatic carbocycles. The van der Waals surface area contributed by atoms with Crippen LogP contribution in [0.25, 0.3) is 0 Å². The van der Waals surface area contributed by atoms with Crippen LogP contribution in [0.15, 0.2) is 46.9 Å². The molecule has 100 valence electrons. The second-order valence-corrected chi connectivity index (χ2v) is 5.30. The molecule has 0 heterocycles. The lowest BCUT2D eigenvalue weighted by Crippen LogP contribution is -2.07. The smallest absolute Gasteiger partial charge is 0.131 e. The lowest BCUT2D eigenvalue weighted by molar-refractivity contribution is 0.304. The molecule has 0 aliphatic rings. The molecule has 0 aromatic heterocycles. The molecule has 2 nitrogen and oxygen atoms in total. The van der Waals surface area contributed by atoms with Gasteiger partial charge in [0.15, 0.2) is 0 Å². The van der Waals surface area contributed by atoms with Gasteiger partial charge in [-0.05, 0) is 30.7 Å². The van der Waals surface area contributed by atoms with E-state index in [9.17, 15) is 4.39 Å². The standard InChI is InChI=1S/C15H15BrFNO/c1-10(18)14-7-6-13(8-15(14)17)19-9-11-2-4-12(16)5-3-11/h2-8,10H,9,18H2,1H3/t10-/m1/s1. The molecule has 0 saturated carbocycles. The maximum atomic E-state index is 13.7. The minimum atomic E-state index is -0.330. The molecule has 0 unspecified atom stereocenters. The van der Waals surface area contributed by atoms with E-state index < -0.39 is 0 Å². The summed E-state index contributed by atoms with van der Waals surface area (Å²) in [6, 6.07) is 12.3. The predicted octanol–water partition coefficient (Wildman–Crippen LogP) is 4.19. The van der Waals surface area contributed by atoms with Gasteiger partial charge in [0.05, 0.1) is 0 Å². The van der Waals surface area contributed by atoms with Gasteiger partial charge in [0.2, 0.25) is 0 Å². The molecule has 2 aromatic rings. The highest BCUT2D eigenvalue weighted by atomic mass is 79.9. The summed E-state index contributed by atoms with van der Waals surface area (Å²) in [5.74, 6) is 0.174. The Labute approximate surface area is 120 Å². The Morgan fingerprint density at radius 3 is 2.47 bits per heavy atom. The Balaban J connectivity index is 2.04. The summed E-state index contributed by atoms with van der Waals surface area (Å²) < 4.78 is 20.3. The second-order valence-electron chi connectivity index (χ2n) is 4.39. The Kier molecular flexibility index (Phi) is 4.56. The third kappa shape index (κ3) is 3.78. The zero-order valence-corrected chi connectivity index (χ0v) is 12.2. The van der Waals surface area contributed by atoms with Crippen LogP contribution < -0.4 is 10.5 Å². The summed E-state index contributed by atoms with van der Waals surface area (Å²) in [6.45, 7) is 2.16. The van der Waals surface area contributed by atoms with Crippen LogP contribution in [0.3, 0.4) is 0 Å². The van der Waals surface area contributed by atoms with Gasteiger partial charge in [-0.3, -0.25) is 0 Å². The Bertz CT molecular complexity index is 555. The molecular formula is C15H15BrFNO. The number of ether oxygens (including phenoxy) is 1. The van der Waals surface area contributed by atoms with E-state index in [1.807, 2.05) is 24.3 Å². The third-order valence-corrected chi connectivity index (χ3v) is 3.31. The number of halogens is 2. The van der Waals surface area contributed by atoms with Gasteiger partial charge in [-0.1, -0.05) is 34.1 Å². The lowest BCUT2D eigenvalue weighted by Gasteiger charge is -2.10. The van der Waals surface area contributed by atoms with Crippen molar-refractivity contribution in [3.05, 3.63) is 63.9 Å². The van der Waals surface area contributed by atoms with Gasteiger partial charge >= 0.3 is 0 Å². The molecule has 0 amide bonds. The van der Waals surface area contributed by atoms with Crippen molar-refractivity contribution >= 4 is 15.9 Å². The van der Waals surface area contributed by atoms with Gasteiger partial charge in [-0.25, -0.2) is 4.39 Å². The Morgan fingerprint density at radius 1 is 1.21 bits per heavy atom. The van der Waals surface area contributed by atoms with E-state index in [-0.39, 0.29) is 11.9 Å². The fourth-order valence-electron chi connectivity index (χ4n) is 1.71. The highest BCUT2D eigenvalue weighted by Crippen LogP contribution is 2.21. The monoisotopic (exact) mass is 323 g/mol. The summed E-state index contributed by atoms with van der Waals surface area (Å²) in [7, 11) is 0. The number of rotatable bonds is 4. The quantitative estimate of drug-likeness (QED) is 0.915. The van der Waals surface area contributed by atoms with E-state index in [2.05, 4.69) is 15.9 Å². The van der Waals surface area contributed by atoms with Gasteiger partial charge in [0, 0.05) is 22.1 Å². The summed E-state index contributed by atoms with van der Waals surface area (Å²) in [6.07, 6.45) is 0. The molecule has 0 saturated heterocycles. The van der Waals surface area contributed by atoms with E-state index in [1.165, 1.54) is 6.07 Å². The van der Waals surface area contributed by atoms with E-state index >= 15 is 0 Å². The summed E-state index contributed by atoms with van der Waals surface area (Å²) in [5, 5.41) is 0. The summed E-state index contributed by atoms with van der Waals surface area (Å²) in [4.78, 5) is 0. The van der Waals surface area contributed by atoms with Crippen molar-refractivity contribution in [1.82, 2.24) is 0 Å². The maximum Gasteiger partial charge on any atom is 0.131 e. The third-order valence-electron chi connectivity index (χ3n) is 2.78. The Morgan fingerprint density at radius 2 is 1.89 bits per heavy atom. The van der Waals surface area contributed by atoms with Crippen LogP contribution in [0.2, 0.25) is 0 Å². The van der Waals surface area contributed by atoms with Crippen molar-refractivity contribution in [2.24, 2.45) is 5.73 Å². The average molecular weight is 324 g/mol. The highest BCUT2D eigenvalue weighted by Gasteiger charge is 2.08. The van der Waals surface area contributed by atoms with Crippen molar-refractivity contribution in [1.29, 1.82) is 0 Å². The van der Waals surface area contributed by atoms with Gasteiger partial charge < -0.3 is 10.5 Å². The molecule has 4 heteroatoms. The predicted molar refractivity (Wildman–Crippen MR) is 77.5 cm³/mol. The van der Waals surface area contributed by atoms with Crippen LogP contribution in [0.4, 0.5) is 4.39 Å². The van der Waals surface area contributed by atoms with Gasteiger partial charge in [-0.15, -0.1) is 0 Å². The van der Waals surface area contributed by atoms with E-state index in [0.717, 1.165) is 10.0 Å². The first-order valence-corrected chi connectivity index (χ1v) is 6.78. The van der Waals surface area contributed by atoms with E-state index in [4.69, 9.17) is 10.5 Å². The minimum Gasteiger partial charge on any atom is -0.489 e. The largest absolute Gasteiger partial charge is 0.489 e. The first-order chi connectivity index (χ1) is 9.06. The fraction of sp³-hybridized carbons (Fsp3) is 0.200. The number of hydrogen-bond acceptors (Lipinski definition) is 2. The molecule has 0 aliphatic heterocycles. The van der Waals surface area contributed by atoms with E-state index in [0.29, 0.717) is 17.9 Å². The Hall–Kier alpha value is -1.39. The van der Waals surface area contributed by atoms with E-state index in [1.54, 1.807) is 19.1 Å². The topological polar surface area (TPSA) is 35.2 Å². The number of benzene rings is 2. The summed E-state index contributed by atoms with van der Waals surface area (Å²) in [5.41, 5.74) is 7.18. The van der Waals surface area contributed by atoms with Crippen LogP contribution in [0.1, 0.15) is 24.1 Å². The second kappa shape index (κ2) is 6.17. The lowest BCUT2D eigenvalue weighted by atomic mass is 10.1. The molecule has 0 radical (unpaired) electrons. The zero-order valence-electron chi connectivity index (χ0n) is 10.6. The average Bonchev–Trinajstić information content (AvgIpc) is 2.37. The van der Waals surface area contributed by atoms with Crippen molar-refractivity contribution in [3.63, 3.8) is 0 Å². The molecule has 0 aliphatic carbocycles. The number of hydrogen-bond donors (Lipinski definition) is 1. The normalized spacial score (nSPS) is 12.2. The van der Waals surface area contributed by atoms with Crippen LogP contribution in [0.5, 0.6) is 5.75 Å². The van der Waals surface area contributed by atoms with Crippen molar-refractivity contribution in [2.45, 2.75) is 19.6 Å². The SMILES string of the molecule is C[C@@H](N)c1ccc(OCc2ccc(Br)cc2)cc1F. The molecule has 2 rings (SSSR count). The minimum absolute atomic E-state index is 0.319. The number of nitrogens with two attached hydrogens (primary N) is 1. The van der Waals surface area contributed by atoms with Crippen LogP contribution in [-0.2, 0) is 6.61 Å². The highest BCUT2D eigenvalue weighted by molar-refractivity contribution is 9.10. The van der Waals surface area contributed by atoms with Gasteiger partial charge in [-0.2, -0.15) is 0 Å². The maximum absolute atomic E-state index is 13.7. The van der Waals surface area contributed by atoms with Crippen molar-refractivity contribution < 1.29 is 9.13 Å². The molecule has 1 atom stereocenters. The molecule has 0 spiro atoms. The van der Waals surface area contributed by atoms with Crippen LogP contribution >= 0.6 is 15.9 Å². The molecule has 0 fully saturated rings.